The second-order valence-corrected chi connectivity index (χ2v) is 7.87. The average molecular weight is 411 g/mol. The van der Waals surface area contributed by atoms with Crippen LogP contribution in [0.2, 0.25) is 0 Å². The van der Waals surface area contributed by atoms with Crippen molar-refractivity contribution < 1.29 is 14.3 Å². The van der Waals surface area contributed by atoms with Gasteiger partial charge in [0.1, 0.15) is 0 Å². The van der Waals surface area contributed by atoms with Crippen LogP contribution in [0.25, 0.3) is 0 Å². The quantitative estimate of drug-likeness (QED) is 0.523. The fraction of sp³-hybridized carbons (Fsp3) is 0.304. The zero-order chi connectivity index (χ0) is 21.0. The number of ether oxygens (including phenoxy) is 2. The average Bonchev–Trinajstić information content (AvgIpc) is 3.03. The van der Waals surface area contributed by atoms with Crippen LogP contribution in [0.4, 0.5) is 5.69 Å². The van der Waals surface area contributed by atoms with Crippen molar-refractivity contribution in [3.05, 3.63) is 69.0 Å². The maximum absolute atomic E-state index is 12.1. The van der Waals surface area contributed by atoms with Gasteiger partial charge in [-0.2, -0.15) is 0 Å². The smallest absolute Gasteiger partial charge is 0.190 e. The molecular formula is C23H26N2O3S. The number of benzene rings is 2. The Labute approximate surface area is 175 Å². The van der Waals surface area contributed by atoms with Crippen LogP contribution >= 0.6 is 11.3 Å². The van der Waals surface area contributed by atoms with E-state index >= 15 is 0 Å². The van der Waals surface area contributed by atoms with E-state index in [1.807, 2.05) is 49.4 Å². The number of ketones is 1. The number of nitrogens with zero attached hydrogens (tertiary/aromatic N) is 2. The highest BCUT2D eigenvalue weighted by Gasteiger charge is 2.14. The van der Waals surface area contributed by atoms with E-state index in [0.717, 1.165) is 39.6 Å². The Morgan fingerprint density at radius 1 is 1.03 bits per heavy atom. The van der Waals surface area contributed by atoms with Crippen LogP contribution in [0.1, 0.15) is 33.4 Å². The number of Topliss-reactive ketones (excluding diaryl/α,β-unsaturated/α-hetero) is 1. The van der Waals surface area contributed by atoms with Crippen LogP contribution in [0.15, 0.2) is 47.5 Å². The Hall–Kier alpha value is -2.86. The van der Waals surface area contributed by atoms with Gasteiger partial charge in [-0.3, -0.25) is 4.79 Å². The molecule has 0 unspecified atom stereocenters. The normalized spacial score (nSPS) is 11.6. The van der Waals surface area contributed by atoms with Crippen molar-refractivity contribution in [2.45, 2.75) is 33.7 Å². The van der Waals surface area contributed by atoms with E-state index in [1.54, 1.807) is 21.1 Å². The first-order valence-corrected chi connectivity index (χ1v) is 10.3. The van der Waals surface area contributed by atoms with Gasteiger partial charge in [-0.05, 0) is 50.1 Å². The number of thiazole rings is 1. The molecule has 0 bridgehead atoms. The first-order chi connectivity index (χ1) is 13.9. The minimum Gasteiger partial charge on any atom is -0.493 e. The molecule has 3 aromatic rings. The summed E-state index contributed by atoms with van der Waals surface area (Å²) in [5.74, 6) is 1.49. The Bertz CT molecular complexity index is 1080. The summed E-state index contributed by atoms with van der Waals surface area (Å²) in [6.45, 7) is 6.36. The van der Waals surface area contributed by atoms with Crippen molar-refractivity contribution in [3.63, 3.8) is 0 Å². The fourth-order valence-electron chi connectivity index (χ4n) is 3.17. The van der Waals surface area contributed by atoms with Gasteiger partial charge < -0.3 is 14.0 Å². The Balaban J connectivity index is 1.96. The molecule has 3 rings (SSSR count). The first kappa shape index (κ1) is 20.9. The Kier molecular flexibility index (Phi) is 6.54. The van der Waals surface area contributed by atoms with Crippen molar-refractivity contribution >= 4 is 22.8 Å². The SMILES string of the molecule is COc1ccc(CCn2c(C)c(C(C)=O)sc2=Nc2ccc(C)cc2)cc1OC. The number of hydrogen-bond donors (Lipinski definition) is 0. The number of hydrogen-bond acceptors (Lipinski definition) is 5. The summed E-state index contributed by atoms with van der Waals surface area (Å²) >= 11 is 1.44. The largest absolute Gasteiger partial charge is 0.493 e. The third-order valence-electron chi connectivity index (χ3n) is 4.81. The molecule has 1 aromatic heterocycles. The number of carbonyl (C=O) groups excluding carboxylic acids is 1. The number of aryl methyl sites for hydroxylation is 2. The van der Waals surface area contributed by atoms with Crippen LogP contribution in [-0.4, -0.2) is 24.6 Å². The van der Waals surface area contributed by atoms with Crippen LogP contribution < -0.4 is 14.3 Å². The zero-order valence-corrected chi connectivity index (χ0v) is 18.3. The second kappa shape index (κ2) is 9.09. The summed E-state index contributed by atoms with van der Waals surface area (Å²) < 4.78 is 12.8. The molecule has 0 aliphatic carbocycles. The molecule has 0 N–H and O–H groups in total. The minimum atomic E-state index is 0.0673. The van der Waals surface area contributed by atoms with Crippen LogP contribution in [-0.2, 0) is 13.0 Å². The maximum Gasteiger partial charge on any atom is 0.190 e. The summed E-state index contributed by atoms with van der Waals surface area (Å²) in [6.07, 6.45) is 0.788. The molecule has 0 fully saturated rings. The molecule has 0 radical (unpaired) electrons. The minimum absolute atomic E-state index is 0.0673. The molecule has 0 aliphatic rings. The number of rotatable bonds is 7. The summed E-state index contributed by atoms with van der Waals surface area (Å²) in [6, 6.07) is 14.0. The number of carbonyl (C=O) groups is 1. The van der Waals surface area contributed by atoms with Gasteiger partial charge in [0.15, 0.2) is 22.1 Å². The Morgan fingerprint density at radius 2 is 1.72 bits per heavy atom. The predicted octanol–water partition coefficient (Wildman–Crippen LogP) is 4.86. The Morgan fingerprint density at radius 3 is 2.34 bits per heavy atom. The second-order valence-electron chi connectivity index (χ2n) is 6.89. The predicted molar refractivity (Wildman–Crippen MR) is 117 cm³/mol. The van der Waals surface area contributed by atoms with Crippen LogP contribution in [0.3, 0.4) is 0 Å². The van der Waals surface area contributed by atoms with E-state index in [0.29, 0.717) is 11.5 Å². The van der Waals surface area contributed by atoms with Gasteiger partial charge in [0.05, 0.1) is 24.8 Å². The fourth-order valence-corrected chi connectivity index (χ4v) is 4.24. The van der Waals surface area contributed by atoms with Gasteiger partial charge in [-0.25, -0.2) is 4.99 Å². The van der Waals surface area contributed by atoms with E-state index < -0.39 is 0 Å². The zero-order valence-electron chi connectivity index (χ0n) is 17.5. The molecule has 152 valence electrons. The molecule has 0 aliphatic heterocycles. The highest BCUT2D eigenvalue weighted by atomic mass is 32.1. The highest BCUT2D eigenvalue weighted by molar-refractivity contribution is 7.11. The molecule has 1 heterocycles. The third kappa shape index (κ3) is 4.77. The van der Waals surface area contributed by atoms with E-state index in [-0.39, 0.29) is 5.78 Å². The van der Waals surface area contributed by atoms with Crippen molar-refractivity contribution in [3.8, 4) is 11.5 Å². The van der Waals surface area contributed by atoms with E-state index in [9.17, 15) is 4.79 Å². The molecule has 29 heavy (non-hydrogen) atoms. The van der Waals surface area contributed by atoms with Gasteiger partial charge in [-0.15, -0.1) is 0 Å². The molecule has 0 saturated heterocycles. The molecule has 6 heteroatoms. The van der Waals surface area contributed by atoms with Gasteiger partial charge in [-0.1, -0.05) is 35.1 Å². The summed E-state index contributed by atoms with van der Waals surface area (Å²) in [5.41, 5.74) is 4.16. The standard InChI is InChI=1S/C23H26N2O3S/c1-15-6-9-19(10-7-15)24-23-25(16(2)22(29-23)17(3)26)13-12-18-8-11-20(27-4)21(14-18)28-5/h6-11,14H,12-13H2,1-5H3. The molecule has 0 saturated carbocycles. The van der Waals surface area contributed by atoms with Gasteiger partial charge in [0.2, 0.25) is 0 Å². The maximum atomic E-state index is 12.1. The number of methoxy groups -OCH3 is 2. The molecular weight excluding hydrogens is 384 g/mol. The number of aromatic nitrogens is 1. The molecule has 0 atom stereocenters. The van der Waals surface area contributed by atoms with Gasteiger partial charge >= 0.3 is 0 Å². The molecule has 2 aromatic carbocycles. The van der Waals surface area contributed by atoms with Gasteiger partial charge in [0.25, 0.3) is 0 Å². The third-order valence-corrected chi connectivity index (χ3v) is 6.09. The molecule has 5 nitrogen and oxygen atoms in total. The summed E-state index contributed by atoms with van der Waals surface area (Å²) in [7, 11) is 3.27. The van der Waals surface area contributed by atoms with E-state index in [4.69, 9.17) is 14.5 Å². The van der Waals surface area contributed by atoms with Crippen molar-refractivity contribution in [1.82, 2.24) is 4.57 Å². The van der Waals surface area contributed by atoms with Crippen molar-refractivity contribution in [2.75, 3.05) is 14.2 Å². The first-order valence-electron chi connectivity index (χ1n) is 9.46. The highest BCUT2D eigenvalue weighted by Crippen LogP contribution is 2.28. The monoisotopic (exact) mass is 410 g/mol. The lowest BCUT2D eigenvalue weighted by Gasteiger charge is -2.11. The van der Waals surface area contributed by atoms with Gasteiger partial charge in [0, 0.05) is 19.2 Å². The van der Waals surface area contributed by atoms with Crippen molar-refractivity contribution in [2.24, 2.45) is 4.99 Å². The summed E-state index contributed by atoms with van der Waals surface area (Å²) in [5, 5.41) is 0. The lowest BCUT2D eigenvalue weighted by atomic mass is 10.1. The van der Waals surface area contributed by atoms with E-state index in [2.05, 4.69) is 11.5 Å². The lowest BCUT2D eigenvalue weighted by molar-refractivity contribution is 0.102. The van der Waals surface area contributed by atoms with Crippen LogP contribution in [0.5, 0.6) is 11.5 Å². The lowest BCUT2D eigenvalue weighted by Crippen LogP contribution is -2.17. The molecule has 0 spiro atoms. The topological polar surface area (TPSA) is 52.8 Å². The summed E-state index contributed by atoms with van der Waals surface area (Å²) in [4.78, 5) is 18.5. The van der Waals surface area contributed by atoms with E-state index in [1.165, 1.54) is 16.9 Å². The molecule has 0 amide bonds. The van der Waals surface area contributed by atoms with Crippen molar-refractivity contribution in [1.29, 1.82) is 0 Å². The van der Waals surface area contributed by atoms with Crippen LogP contribution in [0, 0.1) is 13.8 Å².